The molecule has 0 saturated carbocycles. The van der Waals surface area contributed by atoms with Crippen molar-refractivity contribution in [3.8, 4) is 0 Å². The Hall–Kier alpha value is -2.00. The summed E-state index contributed by atoms with van der Waals surface area (Å²) >= 11 is 6.20. The molecule has 0 radical (unpaired) electrons. The second-order valence-electron chi connectivity index (χ2n) is 4.81. The molecule has 2 aromatic heterocycles. The SMILES string of the molecule is Cc1ccc(C(C)Nc2ccc(Cl)c3cccnc23)o1. The fourth-order valence-electron chi connectivity index (χ4n) is 2.24. The van der Waals surface area contributed by atoms with Gasteiger partial charge in [-0.05, 0) is 50.2 Å². The Morgan fingerprint density at radius 2 is 2.05 bits per heavy atom. The molecule has 0 aliphatic carbocycles. The van der Waals surface area contributed by atoms with Crippen LogP contribution < -0.4 is 5.32 Å². The first kappa shape index (κ1) is 13.0. The van der Waals surface area contributed by atoms with Crippen LogP contribution in [0.25, 0.3) is 10.9 Å². The second-order valence-corrected chi connectivity index (χ2v) is 5.22. The lowest BCUT2D eigenvalue weighted by molar-refractivity contribution is 0.467. The van der Waals surface area contributed by atoms with E-state index in [-0.39, 0.29) is 6.04 Å². The number of nitrogens with zero attached hydrogens (tertiary/aromatic N) is 1. The summed E-state index contributed by atoms with van der Waals surface area (Å²) in [7, 11) is 0. The largest absolute Gasteiger partial charge is 0.464 e. The number of hydrogen-bond acceptors (Lipinski definition) is 3. The van der Waals surface area contributed by atoms with Crippen LogP contribution in [0.2, 0.25) is 5.02 Å². The van der Waals surface area contributed by atoms with Crippen LogP contribution in [0.5, 0.6) is 0 Å². The van der Waals surface area contributed by atoms with E-state index < -0.39 is 0 Å². The third kappa shape index (κ3) is 2.37. The summed E-state index contributed by atoms with van der Waals surface area (Å²) in [6.07, 6.45) is 1.77. The molecule has 0 saturated heterocycles. The summed E-state index contributed by atoms with van der Waals surface area (Å²) in [6, 6.07) is 11.7. The molecule has 3 aromatic rings. The molecule has 102 valence electrons. The third-order valence-corrected chi connectivity index (χ3v) is 3.61. The van der Waals surface area contributed by atoms with Crippen molar-refractivity contribution in [2.45, 2.75) is 19.9 Å². The first-order chi connectivity index (χ1) is 9.65. The van der Waals surface area contributed by atoms with Gasteiger partial charge in [0.05, 0.1) is 22.3 Å². The normalized spacial score (nSPS) is 12.6. The van der Waals surface area contributed by atoms with Gasteiger partial charge in [-0.2, -0.15) is 0 Å². The van der Waals surface area contributed by atoms with E-state index in [4.69, 9.17) is 16.0 Å². The van der Waals surface area contributed by atoms with Crippen molar-refractivity contribution >= 4 is 28.2 Å². The molecule has 20 heavy (non-hydrogen) atoms. The Morgan fingerprint density at radius 1 is 1.20 bits per heavy atom. The van der Waals surface area contributed by atoms with Gasteiger partial charge in [0.1, 0.15) is 11.5 Å². The minimum atomic E-state index is 0.0649. The van der Waals surface area contributed by atoms with E-state index in [0.717, 1.165) is 28.1 Å². The van der Waals surface area contributed by atoms with E-state index in [1.165, 1.54) is 0 Å². The third-order valence-electron chi connectivity index (χ3n) is 3.28. The number of furan rings is 1. The molecule has 3 nitrogen and oxygen atoms in total. The van der Waals surface area contributed by atoms with Crippen molar-refractivity contribution in [1.82, 2.24) is 4.98 Å². The number of benzene rings is 1. The Balaban J connectivity index is 1.97. The highest BCUT2D eigenvalue weighted by Gasteiger charge is 2.12. The lowest BCUT2D eigenvalue weighted by atomic mass is 10.1. The van der Waals surface area contributed by atoms with Crippen LogP contribution in [-0.2, 0) is 0 Å². The Bertz CT molecular complexity index is 751. The van der Waals surface area contributed by atoms with Gasteiger partial charge in [-0.3, -0.25) is 4.98 Å². The topological polar surface area (TPSA) is 38.1 Å². The smallest absolute Gasteiger partial charge is 0.126 e. The van der Waals surface area contributed by atoms with Gasteiger partial charge in [0.25, 0.3) is 0 Å². The van der Waals surface area contributed by atoms with Gasteiger partial charge in [-0.1, -0.05) is 11.6 Å². The van der Waals surface area contributed by atoms with Crippen LogP contribution in [0.3, 0.4) is 0 Å². The van der Waals surface area contributed by atoms with Gasteiger partial charge in [0, 0.05) is 11.6 Å². The number of anilines is 1. The number of rotatable bonds is 3. The summed E-state index contributed by atoms with van der Waals surface area (Å²) in [4.78, 5) is 4.42. The quantitative estimate of drug-likeness (QED) is 0.739. The van der Waals surface area contributed by atoms with Crippen LogP contribution in [0.4, 0.5) is 5.69 Å². The zero-order valence-corrected chi connectivity index (χ0v) is 12.1. The van der Waals surface area contributed by atoms with Crippen molar-refractivity contribution < 1.29 is 4.42 Å². The van der Waals surface area contributed by atoms with E-state index in [2.05, 4.69) is 17.2 Å². The maximum absolute atomic E-state index is 6.20. The summed E-state index contributed by atoms with van der Waals surface area (Å²) < 4.78 is 5.64. The molecule has 3 rings (SSSR count). The Kier molecular flexibility index (Phi) is 3.36. The Morgan fingerprint density at radius 3 is 2.80 bits per heavy atom. The molecular weight excluding hydrogens is 272 g/mol. The van der Waals surface area contributed by atoms with Crippen molar-refractivity contribution in [2.24, 2.45) is 0 Å². The molecule has 0 aliphatic rings. The van der Waals surface area contributed by atoms with E-state index >= 15 is 0 Å². The van der Waals surface area contributed by atoms with E-state index in [9.17, 15) is 0 Å². The molecule has 0 amide bonds. The van der Waals surface area contributed by atoms with Gasteiger partial charge in [0.15, 0.2) is 0 Å². The lowest BCUT2D eigenvalue weighted by Gasteiger charge is -2.15. The highest BCUT2D eigenvalue weighted by Crippen LogP contribution is 2.30. The van der Waals surface area contributed by atoms with Gasteiger partial charge in [0.2, 0.25) is 0 Å². The van der Waals surface area contributed by atoms with Gasteiger partial charge >= 0.3 is 0 Å². The molecule has 0 bridgehead atoms. The number of hydrogen-bond donors (Lipinski definition) is 1. The van der Waals surface area contributed by atoms with Crippen LogP contribution in [0.15, 0.2) is 47.0 Å². The standard InChI is InChI=1S/C16H15ClN2O/c1-10-5-8-15(20-10)11(2)19-14-7-6-13(17)12-4-3-9-18-16(12)14/h3-9,11,19H,1-2H3. The molecule has 1 aromatic carbocycles. The number of nitrogens with one attached hydrogen (secondary N) is 1. The van der Waals surface area contributed by atoms with Gasteiger partial charge in [-0.15, -0.1) is 0 Å². The molecule has 1 unspecified atom stereocenters. The molecule has 2 heterocycles. The summed E-state index contributed by atoms with van der Waals surface area (Å²) in [5.74, 6) is 1.81. The minimum Gasteiger partial charge on any atom is -0.464 e. The highest BCUT2D eigenvalue weighted by molar-refractivity contribution is 6.35. The molecule has 4 heteroatoms. The lowest BCUT2D eigenvalue weighted by Crippen LogP contribution is -2.06. The monoisotopic (exact) mass is 286 g/mol. The van der Waals surface area contributed by atoms with Crippen LogP contribution in [0.1, 0.15) is 24.5 Å². The summed E-state index contributed by atoms with van der Waals surface area (Å²) in [5.41, 5.74) is 1.82. The summed E-state index contributed by atoms with van der Waals surface area (Å²) in [6.45, 7) is 4.00. The molecule has 0 aliphatic heterocycles. The van der Waals surface area contributed by atoms with Crippen LogP contribution in [-0.4, -0.2) is 4.98 Å². The van der Waals surface area contributed by atoms with E-state index in [0.29, 0.717) is 5.02 Å². The maximum Gasteiger partial charge on any atom is 0.126 e. The van der Waals surface area contributed by atoms with E-state index in [1.807, 2.05) is 43.3 Å². The molecule has 0 spiro atoms. The number of aryl methyl sites for hydroxylation is 1. The first-order valence-electron chi connectivity index (χ1n) is 6.51. The van der Waals surface area contributed by atoms with Gasteiger partial charge in [-0.25, -0.2) is 0 Å². The van der Waals surface area contributed by atoms with Crippen molar-refractivity contribution in [1.29, 1.82) is 0 Å². The second kappa shape index (κ2) is 5.17. The number of pyridine rings is 1. The Labute approximate surface area is 122 Å². The zero-order chi connectivity index (χ0) is 14.1. The fraction of sp³-hybridized carbons (Fsp3) is 0.188. The molecule has 1 atom stereocenters. The van der Waals surface area contributed by atoms with Crippen molar-refractivity contribution in [3.63, 3.8) is 0 Å². The maximum atomic E-state index is 6.20. The number of fused-ring (bicyclic) bond motifs is 1. The average Bonchev–Trinajstić information content (AvgIpc) is 2.89. The predicted molar refractivity (Wildman–Crippen MR) is 82.2 cm³/mol. The molecular formula is C16H15ClN2O. The minimum absolute atomic E-state index is 0.0649. The predicted octanol–water partition coefficient (Wildman–Crippen LogP) is 4.96. The van der Waals surface area contributed by atoms with E-state index in [1.54, 1.807) is 6.20 Å². The van der Waals surface area contributed by atoms with Crippen molar-refractivity contribution in [2.75, 3.05) is 5.32 Å². The summed E-state index contributed by atoms with van der Waals surface area (Å²) in [5, 5.41) is 5.08. The number of aromatic nitrogens is 1. The van der Waals surface area contributed by atoms with Gasteiger partial charge < -0.3 is 9.73 Å². The molecule has 1 N–H and O–H groups in total. The van der Waals surface area contributed by atoms with Crippen LogP contribution in [0, 0.1) is 6.92 Å². The first-order valence-corrected chi connectivity index (χ1v) is 6.89. The number of halogens is 1. The fourth-order valence-corrected chi connectivity index (χ4v) is 2.46. The highest BCUT2D eigenvalue weighted by atomic mass is 35.5. The van der Waals surface area contributed by atoms with Crippen LogP contribution >= 0.6 is 11.6 Å². The zero-order valence-electron chi connectivity index (χ0n) is 11.4. The molecule has 0 fully saturated rings. The van der Waals surface area contributed by atoms with Crippen molar-refractivity contribution in [3.05, 3.63) is 59.1 Å². The average molecular weight is 287 g/mol.